The van der Waals surface area contributed by atoms with E-state index in [9.17, 15) is 73.2 Å². The van der Waals surface area contributed by atoms with Gasteiger partial charge < -0.3 is 74.4 Å². The smallest absolute Gasteiger partial charge is 0.326 e. The van der Waals surface area contributed by atoms with E-state index in [0.717, 1.165) is 6.92 Å². The lowest BCUT2D eigenvalue weighted by Gasteiger charge is -2.31. The first kappa shape index (κ1) is 63.0. The van der Waals surface area contributed by atoms with E-state index in [-0.39, 0.29) is 18.8 Å². The summed E-state index contributed by atoms with van der Waals surface area (Å²) in [6, 6.07) is -13.2. The fourth-order valence-corrected chi connectivity index (χ4v) is 6.64. The van der Waals surface area contributed by atoms with E-state index in [2.05, 4.69) is 42.5 Å². The highest BCUT2D eigenvalue weighted by Gasteiger charge is 2.39. The molecule has 0 bridgehead atoms. The molecule has 0 unspecified atom stereocenters. The number of hydrogen-bond acceptors (Lipinski definition) is 14. The van der Waals surface area contributed by atoms with Crippen molar-refractivity contribution in [1.82, 2.24) is 42.5 Å². The molecule has 25 nitrogen and oxygen atoms in total. The Hall–Kier alpha value is -5.95. The number of amides is 9. The molecule has 9 amide bonds. The molecule has 0 aliphatic carbocycles. The summed E-state index contributed by atoms with van der Waals surface area (Å²) in [5.41, 5.74) is 11.1. The Bertz CT molecular complexity index is 1800. The molecule has 0 radical (unpaired) electrons. The van der Waals surface area contributed by atoms with Gasteiger partial charge in [-0.05, 0) is 49.4 Å². The van der Waals surface area contributed by atoms with Crippen LogP contribution in [0.15, 0.2) is 0 Å². The van der Waals surface area contributed by atoms with Gasteiger partial charge in [-0.1, -0.05) is 82.1 Å². The fourth-order valence-electron chi connectivity index (χ4n) is 6.64. The van der Waals surface area contributed by atoms with E-state index < -0.39 is 175 Å². The molecule has 0 aromatic heterocycles. The minimum atomic E-state index is -1.83. The third kappa shape index (κ3) is 21.9. The van der Waals surface area contributed by atoms with E-state index in [1.54, 1.807) is 69.2 Å². The number of nitrogens with two attached hydrogens (primary N) is 2. The van der Waals surface area contributed by atoms with Gasteiger partial charge in [-0.15, -0.1) is 0 Å². The maximum atomic E-state index is 13.9. The largest absolute Gasteiger partial charge is 0.481 e. The van der Waals surface area contributed by atoms with Gasteiger partial charge >= 0.3 is 11.9 Å². The second kappa shape index (κ2) is 30.5. The molecule has 0 spiro atoms. The van der Waals surface area contributed by atoms with Crippen LogP contribution >= 0.6 is 0 Å². The minimum absolute atomic E-state index is 0.00203. The summed E-state index contributed by atoms with van der Waals surface area (Å²) >= 11 is 0. The number of carboxylic acids is 2. The number of carbonyl (C=O) groups excluding carboxylic acids is 9. The zero-order chi connectivity index (χ0) is 53.6. The van der Waals surface area contributed by atoms with Gasteiger partial charge in [-0.3, -0.25) is 47.9 Å². The highest BCUT2D eigenvalue weighted by atomic mass is 16.4. The van der Waals surface area contributed by atoms with Crippen LogP contribution in [0.25, 0.3) is 0 Å². The Morgan fingerprint density at radius 2 is 0.855 bits per heavy atom. The molecular formula is C44H78N10O15. The second-order valence-electron chi connectivity index (χ2n) is 18.5. The summed E-state index contributed by atoms with van der Waals surface area (Å²) in [6.45, 7) is 16.9. The van der Waals surface area contributed by atoms with Crippen LogP contribution in [0.2, 0.25) is 0 Å². The standard InChI is InChI=1S/C44H78N10O15/c1-12-22(9)33(52-36(60)25(45)18-55)41(65)51-32(21(7)8)40(64)50-31(20(5)6)39(63)48-27(17-29(46)57)38(62)53-34(23(10)13-2)42(66)54-35(24(11)56)43(67)47-26(14-15-30(58)59)37(61)49-28(44(68)69)16-19(3)4/h19-28,31-35,55-56H,12-18,45H2,1-11H3,(H2,46,57)(H,47,67)(H,48,63)(H,49,61)(H,50,64)(H,51,65)(H,52,60)(H,53,62)(H,54,66)(H,58,59)(H,68,69)/t22-,23-,24+,25-,26-,27-,28-,31-,32-,33-,34-,35-/m0/s1. The summed E-state index contributed by atoms with van der Waals surface area (Å²) in [7, 11) is 0. The average molecular weight is 987 g/mol. The van der Waals surface area contributed by atoms with Crippen molar-refractivity contribution >= 4 is 65.1 Å². The number of nitrogens with one attached hydrogen (secondary N) is 8. The number of aliphatic hydroxyl groups excluding tert-OH is 2. The third-order valence-corrected chi connectivity index (χ3v) is 11.3. The Labute approximate surface area is 402 Å². The van der Waals surface area contributed by atoms with Crippen molar-refractivity contribution < 1.29 is 73.2 Å². The predicted octanol–water partition coefficient (Wildman–Crippen LogP) is -3.16. The SMILES string of the molecule is CC[C@H](C)[C@H](NC(=O)[C@H](CC(N)=O)NC(=O)[C@@H](NC(=O)[C@@H](NC(=O)[C@@H](NC(=O)[C@@H](N)CO)[C@@H](C)CC)C(C)C)C(C)C)C(=O)N[C@H](C(=O)N[C@@H](CCC(=O)O)C(=O)N[C@@H](CC(C)C)C(=O)O)[C@@H](C)O. The van der Waals surface area contributed by atoms with Crippen molar-refractivity contribution in [2.45, 2.75) is 175 Å². The molecule has 16 N–H and O–H groups in total. The summed E-state index contributed by atoms with van der Waals surface area (Å²) in [5.74, 6) is -14.0. The highest BCUT2D eigenvalue weighted by molar-refractivity contribution is 5.99. The predicted molar refractivity (Wildman–Crippen MR) is 249 cm³/mol. The molecule has 12 atom stereocenters. The summed E-state index contributed by atoms with van der Waals surface area (Å²) in [4.78, 5) is 144. The number of aliphatic carboxylic acids is 2. The first-order valence-electron chi connectivity index (χ1n) is 23.1. The maximum Gasteiger partial charge on any atom is 0.326 e. The number of hydrogen-bond donors (Lipinski definition) is 14. The summed E-state index contributed by atoms with van der Waals surface area (Å²) in [5, 5.41) is 58.3. The van der Waals surface area contributed by atoms with E-state index in [1.165, 1.54) is 0 Å². The minimum Gasteiger partial charge on any atom is -0.481 e. The highest BCUT2D eigenvalue weighted by Crippen LogP contribution is 2.14. The Morgan fingerprint density at radius 1 is 0.493 bits per heavy atom. The van der Waals surface area contributed by atoms with E-state index in [4.69, 9.17) is 11.5 Å². The van der Waals surface area contributed by atoms with Crippen LogP contribution in [0.5, 0.6) is 0 Å². The Balaban J connectivity index is 6.55. The molecule has 0 saturated heterocycles. The number of rotatable bonds is 32. The fraction of sp³-hybridized carbons (Fsp3) is 0.750. The zero-order valence-corrected chi connectivity index (χ0v) is 41.5. The average Bonchev–Trinajstić information content (AvgIpc) is 3.25. The topological polar surface area (TPSA) is 417 Å². The lowest BCUT2D eigenvalue weighted by molar-refractivity contribution is -0.143. The number of primary amides is 1. The summed E-state index contributed by atoms with van der Waals surface area (Å²) < 4.78 is 0. The first-order valence-corrected chi connectivity index (χ1v) is 23.1. The molecule has 0 saturated carbocycles. The molecular weight excluding hydrogens is 909 g/mol. The van der Waals surface area contributed by atoms with Gasteiger partial charge in [0.15, 0.2) is 0 Å². The number of aliphatic hydroxyl groups is 2. The van der Waals surface area contributed by atoms with Crippen LogP contribution < -0.4 is 54.0 Å². The molecule has 394 valence electrons. The van der Waals surface area contributed by atoms with Crippen LogP contribution in [-0.4, -0.2) is 153 Å². The zero-order valence-electron chi connectivity index (χ0n) is 41.5. The first-order chi connectivity index (χ1) is 31.9. The van der Waals surface area contributed by atoms with Crippen LogP contribution in [0.4, 0.5) is 0 Å². The van der Waals surface area contributed by atoms with Crippen molar-refractivity contribution in [2.75, 3.05) is 6.61 Å². The van der Waals surface area contributed by atoms with Crippen molar-refractivity contribution in [1.29, 1.82) is 0 Å². The number of carboxylic acid groups (broad SMARTS) is 2. The lowest BCUT2D eigenvalue weighted by atomic mass is 9.95. The molecule has 0 aliphatic heterocycles. The summed E-state index contributed by atoms with van der Waals surface area (Å²) in [6.07, 6.45) is -2.93. The normalized spacial score (nSPS) is 16.6. The quantitative estimate of drug-likeness (QED) is 0.0316. The molecule has 0 rings (SSSR count). The van der Waals surface area contributed by atoms with Gasteiger partial charge in [0.1, 0.15) is 54.4 Å². The van der Waals surface area contributed by atoms with Crippen molar-refractivity contribution in [3.63, 3.8) is 0 Å². The van der Waals surface area contributed by atoms with Gasteiger partial charge in [-0.2, -0.15) is 0 Å². The molecule has 0 heterocycles. The maximum absolute atomic E-state index is 13.9. The molecule has 25 heteroatoms. The molecule has 0 aliphatic rings. The van der Waals surface area contributed by atoms with Gasteiger partial charge in [0, 0.05) is 6.42 Å². The molecule has 0 aromatic carbocycles. The van der Waals surface area contributed by atoms with Gasteiger partial charge in [-0.25, -0.2) is 4.79 Å². The van der Waals surface area contributed by atoms with Gasteiger partial charge in [0.05, 0.1) is 19.1 Å². The Morgan fingerprint density at radius 3 is 1.23 bits per heavy atom. The third-order valence-electron chi connectivity index (χ3n) is 11.3. The Kier molecular flexibility index (Phi) is 27.9. The monoisotopic (exact) mass is 987 g/mol. The van der Waals surface area contributed by atoms with Crippen molar-refractivity contribution in [3.05, 3.63) is 0 Å². The molecule has 0 aromatic rings. The number of carbonyl (C=O) groups is 11. The van der Waals surface area contributed by atoms with E-state index in [0.29, 0.717) is 6.42 Å². The molecule has 69 heavy (non-hydrogen) atoms. The van der Waals surface area contributed by atoms with Crippen molar-refractivity contribution in [2.24, 2.45) is 41.1 Å². The van der Waals surface area contributed by atoms with Crippen LogP contribution in [-0.2, 0) is 52.7 Å². The lowest BCUT2D eigenvalue weighted by Crippen LogP contribution is -2.63. The molecule has 0 fully saturated rings. The van der Waals surface area contributed by atoms with E-state index in [1.807, 2.05) is 0 Å². The van der Waals surface area contributed by atoms with Gasteiger partial charge in [0.2, 0.25) is 53.2 Å². The van der Waals surface area contributed by atoms with Crippen LogP contribution in [0.3, 0.4) is 0 Å². The van der Waals surface area contributed by atoms with Crippen molar-refractivity contribution in [3.8, 4) is 0 Å². The van der Waals surface area contributed by atoms with Crippen LogP contribution in [0, 0.1) is 29.6 Å². The second-order valence-corrected chi connectivity index (χ2v) is 18.5. The van der Waals surface area contributed by atoms with Gasteiger partial charge in [0.25, 0.3) is 0 Å². The van der Waals surface area contributed by atoms with Crippen LogP contribution in [0.1, 0.15) is 115 Å². The van der Waals surface area contributed by atoms with E-state index >= 15 is 0 Å².